The average molecular weight is 321 g/mol. The zero-order chi connectivity index (χ0) is 16.2. The summed E-state index contributed by atoms with van der Waals surface area (Å²) in [6.45, 7) is -1.39. The minimum absolute atomic E-state index is 0.0206. The highest BCUT2D eigenvalue weighted by Crippen LogP contribution is 2.16. The van der Waals surface area contributed by atoms with Crippen LogP contribution in [0.1, 0.15) is 12.5 Å². The maximum Gasteiger partial charge on any atom is 0.387 e. The fourth-order valence-corrected chi connectivity index (χ4v) is 2.17. The van der Waals surface area contributed by atoms with Crippen molar-refractivity contribution in [1.29, 1.82) is 0 Å². The number of benzene rings is 1. The molecule has 0 radical (unpaired) electrons. The van der Waals surface area contributed by atoms with Crippen molar-refractivity contribution >= 4 is 15.7 Å². The molecule has 0 N–H and O–H groups in total. The van der Waals surface area contributed by atoms with Gasteiger partial charge in [-0.15, -0.1) is 0 Å². The van der Waals surface area contributed by atoms with Gasteiger partial charge < -0.3 is 9.64 Å². The summed E-state index contributed by atoms with van der Waals surface area (Å²) in [6.07, 6.45) is 1.000. The van der Waals surface area contributed by atoms with E-state index in [2.05, 4.69) is 4.74 Å². The Morgan fingerprint density at radius 1 is 1.29 bits per heavy atom. The van der Waals surface area contributed by atoms with Gasteiger partial charge in [0.25, 0.3) is 0 Å². The Balaban J connectivity index is 2.70. The summed E-state index contributed by atoms with van der Waals surface area (Å²) in [4.78, 5) is 13.2. The molecule has 0 saturated heterocycles. The third-order valence-corrected chi connectivity index (χ3v) is 4.42. The van der Waals surface area contributed by atoms with Crippen molar-refractivity contribution < 1.29 is 26.7 Å². The molecular formula is C13H17F2NO4S. The van der Waals surface area contributed by atoms with Crippen LogP contribution in [-0.2, 0) is 21.2 Å². The minimum Gasteiger partial charge on any atom is -0.435 e. The van der Waals surface area contributed by atoms with Crippen molar-refractivity contribution in [2.24, 2.45) is 0 Å². The molecule has 1 aromatic carbocycles. The van der Waals surface area contributed by atoms with E-state index < -0.39 is 27.6 Å². The zero-order valence-electron chi connectivity index (χ0n) is 11.9. The molecular weight excluding hydrogens is 304 g/mol. The third kappa shape index (κ3) is 5.30. The molecule has 1 amide bonds. The highest BCUT2D eigenvalue weighted by Gasteiger charge is 2.26. The van der Waals surface area contributed by atoms with Gasteiger partial charge in [0.2, 0.25) is 5.91 Å². The molecule has 1 unspecified atom stereocenters. The van der Waals surface area contributed by atoms with Crippen LogP contribution in [-0.4, -0.2) is 44.4 Å². The van der Waals surface area contributed by atoms with Gasteiger partial charge in [0.05, 0.1) is 0 Å². The fraction of sp³-hybridized carbons (Fsp3) is 0.462. The molecule has 0 aliphatic rings. The molecule has 0 spiro atoms. The first-order valence-electron chi connectivity index (χ1n) is 6.09. The molecule has 0 aliphatic carbocycles. The number of sulfone groups is 1. The van der Waals surface area contributed by atoms with Crippen LogP contribution in [0.4, 0.5) is 8.78 Å². The van der Waals surface area contributed by atoms with Crippen molar-refractivity contribution in [2.45, 2.75) is 25.3 Å². The maximum atomic E-state index is 12.0. The summed E-state index contributed by atoms with van der Waals surface area (Å²) < 4.78 is 50.9. The normalized spacial score (nSPS) is 13.0. The lowest BCUT2D eigenvalue weighted by molar-refractivity contribution is -0.129. The van der Waals surface area contributed by atoms with E-state index in [9.17, 15) is 22.0 Å². The SMILES string of the molecule is CC(C(=O)N(C)Cc1ccc(OC(F)F)cc1)S(C)(=O)=O. The van der Waals surface area contributed by atoms with E-state index >= 15 is 0 Å². The van der Waals surface area contributed by atoms with Gasteiger partial charge in [-0.05, 0) is 24.6 Å². The van der Waals surface area contributed by atoms with E-state index in [0.717, 1.165) is 6.26 Å². The van der Waals surface area contributed by atoms with E-state index in [-0.39, 0.29) is 12.3 Å². The van der Waals surface area contributed by atoms with Crippen molar-refractivity contribution in [3.05, 3.63) is 29.8 Å². The predicted molar refractivity (Wildman–Crippen MR) is 73.9 cm³/mol. The summed E-state index contributed by atoms with van der Waals surface area (Å²) in [5, 5.41) is -1.12. The van der Waals surface area contributed by atoms with Gasteiger partial charge in [0.1, 0.15) is 11.0 Å². The molecule has 0 aromatic heterocycles. The second-order valence-corrected chi connectivity index (χ2v) is 7.05. The van der Waals surface area contributed by atoms with Crippen LogP contribution in [0.5, 0.6) is 5.75 Å². The second-order valence-electron chi connectivity index (χ2n) is 4.69. The molecule has 21 heavy (non-hydrogen) atoms. The Morgan fingerprint density at radius 3 is 2.24 bits per heavy atom. The van der Waals surface area contributed by atoms with Crippen molar-refractivity contribution in [2.75, 3.05) is 13.3 Å². The second kappa shape index (κ2) is 6.84. The van der Waals surface area contributed by atoms with Crippen LogP contribution in [0.15, 0.2) is 24.3 Å². The summed E-state index contributed by atoms with van der Waals surface area (Å²) >= 11 is 0. The van der Waals surface area contributed by atoms with E-state index in [1.165, 1.54) is 43.1 Å². The molecule has 5 nitrogen and oxygen atoms in total. The largest absolute Gasteiger partial charge is 0.435 e. The Bertz CT molecular complexity index is 587. The molecule has 0 fully saturated rings. The number of halogens is 2. The summed E-state index contributed by atoms with van der Waals surface area (Å²) in [6, 6.07) is 5.79. The topological polar surface area (TPSA) is 63.7 Å². The lowest BCUT2D eigenvalue weighted by Crippen LogP contribution is -2.38. The number of hydrogen-bond donors (Lipinski definition) is 0. The van der Waals surface area contributed by atoms with Crippen molar-refractivity contribution in [3.63, 3.8) is 0 Å². The summed E-state index contributed by atoms with van der Waals surface area (Å²) in [5.74, 6) is -0.502. The van der Waals surface area contributed by atoms with Gasteiger partial charge in [-0.1, -0.05) is 12.1 Å². The van der Waals surface area contributed by atoms with Gasteiger partial charge in [-0.25, -0.2) is 8.42 Å². The molecule has 8 heteroatoms. The number of amides is 1. The van der Waals surface area contributed by atoms with Gasteiger partial charge in [-0.3, -0.25) is 4.79 Å². The van der Waals surface area contributed by atoms with Crippen LogP contribution in [0.2, 0.25) is 0 Å². The number of carbonyl (C=O) groups is 1. The molecule has 1 atom stereocenters. The van der Waals surface area contributed by atoms with Crippen LogP contribution in [0.25, 0.3) is 0 Å². The quantitative estimate of drug-likeness (QED) is 0.800. The lowest BCUT2D eigenvalue weighted by atomic mass is 10.2. The lowest BCUT2D eigenvalue weighted by Gasteiger charge is -2.20. The first-order valence-corrected chi connectivity index (χ1v) is 8.04. The molecule has 0 heterocycles. The number of rotatable bonds is 6. The maximum absolute atomic E-state index is 12.0. The molecule has 1 aromatic rings. The highest BCUT2D eigenvalue weighted by atomic mass is 32.2. The van der Waals surface area contributed by atoms with Crippen LogP contribution in [0.3, 0.4) is 0 Å². The van der Waals surface area contributed by atoms with Crippen molar-refractivity contribution in [1.82, 2.24) is 4.90 Å². The van der Waals surface area contributed by atoms with Gasteiger partial charge in [0, 0.05) is 19.8 Å². The Kier molecular flexibility index (Phi) is 5.65. The van der Waals surface area contributed by atoms with Crippen molar-refractivity contribution in [3.8, 4) is 5.75 Å². The predicted octanol–water partition coefficient (Wildman–Crippen LogP) is 1.68. The number of carbonyl (C=O) groups excluding carboxylic acids is 1. The molecule has 0 bridgehead atoms. The zero-order valence-corrected chi connectivity index (χ0v) is 12.7. The van der Waals surface area contributed by atoms with Crippen LogP contribution in [0, 0.1) is 0 Å². The summed E-state index contributed by atoms with van der Waals surface area (Å²) in [7, 11) is -1.97. The average Bonchev–Trinajstić information content (AvgIpc) is 2.37. The van der Waals surface area contributed by atoms with E-state index in [4.69, 9.17) is 0 Å². The number of nitrogens with zero attached hydrogens (tertiary/aromatic N) is 1. The fourth-order valence-electron chi connectivity index (χ4n) is 1.62. The third-order valence-electron chi connectivity index (χ3n) is 2.93. The van der Waals surface area contributed by atoms with Gasteiger partial charge in [-0.2, -0.15) is 8.78 Å². The smallest absolute Gasteiger partial charge is 0.387 e. The van der Waals surface area contributed by atoms with E-state index in [0.29, 0.717) is 5.56 Å². The minimum atomic E-state index is -3.45. The first kappa shape index (κ1) is 17.4. The molecule has 0 aliphatic heterocycles. The Morgan fingerprint density at radius 2 is 1.81 bits per heavy atom. The van der Waals surface area contributed by atoms with Gasteiger partial charge >= 0.3 is 6.61 Å². The standard InChI is InChI=1S/C13H17F2NO4S/c1-9(21(3,18)19)12(17)16(2)8-10-4-6-11(7-5-10)20-13(14)15/h4-7,9,13H,8H2,1-3H3. The van der Waals surface area contributed by atoms with Crippen LogP contribution >= 0.6 is 0 Å². The van der Waals surface area contributed by atoms with E-state index in [1.807, 2.05) is 0 Å². The van der Waals surface area contributed by atoms with Crippen LogP contribution < -0.4 is 4.74 Å². The number of hydrogen-bond acceptors (Lipinski definition) is 4. The number of alkyl halides is 2. The number of ether oxygens (including phenoxy) is 1. The Hall–Kier alpha value is -1.70. The Labute approximate surface area is 122 Å². The van der Waals surface area contributed by atoms with Gasteiger partial charge in [0.15, 0.2) is 9.84 Å². The molecule has 118 valence electrons. The highest BCUT2D eigenvalue weighted by molar-refractivity contribution is 7.92. The first-order chi connectivity index (χ1) is 9.61. The molecule has 0 saturated carbocycles. The molecule has 1 rings (SSSR count). The summed E-state index contributed by atoms with van der Waals surface area (Å²) in [5.41, 5.74) is 0.674. The van der Waals surface area contributed by atoms with E-state index in [1.54, 1.807) is 0 Å². The monoisotopic (exact) mass is 321 g/mol.